The van der Waals surface area contributed by atoms with Crippen molar-refractivity contribution in [3.05, 3.63) is 0 Å². The van der Waals surface area contributed by atoms with Gasteiger partial charge in [-0.05, 0) is 0 Å². The van der Waals surface area contributed by atoms with Gasteiger partial charge >= 0.3 is 50.2 Å². The number of rotatable bonds is 3. The molecule has 0 heterocycles. The Kier molecular flexibility index (Phi) is 6.78. The van der Waals surface area contributed by atoms with Crippen molar-refractivity contribution in [2.45, 2.75) is 0 Å². The van der Waals surface area contributed by atoms with Gasteiger partial charge in [-0.1, -0.05) is 0 Å². The second kappa shape index (κ2) is 6.41. The van der Waals surface area contributed by atoms with E-state index < -0.39 is 0 Å². The van der Waals surface area contributed by atoms with Crippen LogP contribution in [0.1, 0.15) is 0 Å². The van der Waals surface area contributed by atoms with Crippen LogP contribution in [0.2, 0.25) is 0 Å². The zero-order valence-corrected chi connectivity index (χ0v) is 5.07. The third-order valence-corrected chi connectivity index (χ3v) is 0.670. The van der Waals surface area contributed by atoms with Gasteiger partial charge in [0.25, 0.3) is 0 Å². The molecule has 1 nitrogen and oxygen atoms in total. The Bertz CT molecular complexity index is 72.1. The van der Waals surface area contributed by atoms with Crippen molar-refractivity contribution in [3.63, 3.8) is 0 Å². The van der Waals surface area contributed by atoms with Crippen LogP contribution < -0.4 is 0 Å². The quantitative estimate of drug-likeness (QED) is 0.336. The first-order chi connectivity index (χ1) is 3.41. The summed E-state index contributed by atoms with van der Waals surface area (Å²) in [6.45, 7) is 3.40. The normalized spacial score (nSPS) is 6.29. The minimum absolute atomic E-state index is 1.31. The van der Waals surface area contributed by atoms with E-state index in [9.17, 15) is 0 Å². The molecule has 0 atom stereocenters. The molecular formula is CH4B4OS. The molecule has 0 saturated carbocycles. The Morgan fingerprint density at radius 3 is 2.86 bits per heavy atom. The number of hydrogen-bond acceptors (Lipinski definition) is 2. The summed E-state index contributed by atoms with van der Waals surface area (Å²) < 4.78 is 4.74. The second-order valence-corrected chi connectivity index (χ2v) is 1.35. The molecule has 0 aromatic rings. The average Bonchev–Trinajstić information content (AvgIpc) is 1.69. The molecule has 7 heavy (non-hydrogen) atoms. The molecule has 0 aromatic heterocycles. The summed E-state index contributed by atoms with van der Waals surface area (Å²) in [5, 5.41) is 0. The van der Waals surface area contributed by atoms with Gasteiger partial charge in [-0.15, -0.1) is 0 Å². The Morgan fingerprint density at radius 2 is 2.43 bits per heavy atom. The Balaban J connectivity index is 2.92. The zero-order valence-electron chi connectivity index (χ0n) is 4.26. The first-order valence-electron chi connectivity index (χ1n) is 1.89. The topological polar surface area (TPSA) is 9.23 Å². The summed E-state index contributed by atoms with van der Waals surface area (Å²) in [5.74, 6) is 0. The zero-order chi connectivity index (χ0) is 5.54. The maximum absolute atomic E-state index is 4.74. The molecule has 0 amide bonds. The first-order valence-corrected chi connectivity index (χ1v) is 3.04. The van der Waals surface area contributed by atoms with E-state index in [4.69, 9.17) is 4.10 Å². The molecular weight excluding hydrogens is 103 g/mol. The van der Waals surface area contributed by atoms with E-state index in [1.54, 1.807) is 20.4 Å². The van der Waals surface area contributed by atoms with Crippen molar-refractivity contribution >= 4 is 39.8 Å². The van der Waals surface area contributed by atoms with E-state index in [1.807, 2.05) is 6.26 Å². The van der Waals surface area contributed by atoms with E-state index in [2.05, 4.69) is 7.37 Å². The van der Waals surface area contributed by atoms with Crippen molar-refractivity contribution < 1.29 is 4.10 Å². The summed E-state index contributed by atoms with van der Waals surface area (Å²) in [4.78, 5) is 0. The summed E-state index contributed by atoms with van der Waals surface area (Å²) in [7, 11) is 5.04. The molecule has 32 valence electrons. The summed E-state index contributed by atoms with van der Waals surface area (Å²) >= 11 is 1.31. The molecule has 0 unspecified atom stereocenters. The molecule has 0 radical (unpaired) electrons. The van der Waals surface area contributed by atoms with Crippen LogP contribution >= 0.6 is 12.0 Å². The van der Waals surface area contributed by atoms with Crippen molar-refractivity contribution in [1.82, 2.24) is 0 Å². The second-order valence-electron chi connectivity index (χ2n) is 0.827. The van der Waals surface area contributed by atoms with Gasteiger partial charge in [0.15, 0.2) is 0 Å². The third kappa shape index (κ3) is 6.41. The molecule has 0 saturated heterocycles. The number of hydrogen-bond donors (Lipinski definition) is 0. The Morgan fingerprint density at radius 1 is 1.71 bits per heavy atom. The van der Waals surface area contributed by atoms with Crippen LogP contribution in [-0.2, 0) is 4.10 Å². The summed E-state index contributed by atoms with van der Waals surface area (Å²) in [6.07, 6.45) is 1.85. The van der Waals surface area contributed by atoms with E-state index in [1.165, 1.54) is 12.0 Å². The van der Waals surface area contributed by atoms with Gasteiger partial charge in [0.1, 0.15) is 0 Å². The summed E-state index contributed by atoms with van der Waals surface area (Å²) in [5.41, 5.74) is 0. The summed E-state index contributed by atoms with van der Waals surface area (Å²) in [6, 6.07) is 0. The molecule has 0 bridgehead atoms. The van der Waals surface area contributed by atoms with Crippen LogP contribution in [0.25, 0.3) is 0 Å². The van der Waals surface area contributed by atoms with Crippen molar-refractivity contribution in [1.29, 1.82) is 0 Å². The fourth-order valence-corrected chi connectivity index (χ4v) is 0.318. The molecule has 0 aliphatic rings. The first kappa shape index (κ1) is 7.41. The molecule has 0 rings (SSSR count). The molecule has 0 fully saturated rings. The van der Waals surface area contributed by atoms with Gasteiger partial charge in [-0.25, -0.2) is 0 Å². The van der Waals surface area contributed by atoms with Crippen molar-refractivity contribution in [2.75, 3.05) is 6.26 Å². The van der Waals surface area contributed by atoms with Gasteiger partial charge in [0.05, 0.1) is 0 Å². The fourth-order valence-electron chi connectivity index (χ4n) is 0.143. The van der Waals surface area contributed by atoms with Crippen molar-refractivity contribution in [2.24, 2.45) is 0 Å². The van der Waals surface area contributed by atoms with Gasteiger partial charge < -0.3 is 0 Å². The fraction of sp³-hybridized carbons (Fsp3) is 1.00. The minimum atomic E-state index is 1.31. The third-order valence-electron chi connectivity index (χ3n) is 0.366. The van der Waals surface area contributed by atoms with Gasteiger partial charge in [0, 0.05) is 0 Å². The van der Waals surface area contributed by atoms with Crippen LogP contribution in [0.5, 0.6) is 0 Å². The predicted octanol–water partition coefficient (Wildman–Crippen LogP) is -1.05. The molecule has 0 N–H and O–H groups in total. The molecule has 0 aliphatic carbocycles. The Hall–Kier alpha value is 0.410. The molecule has 0 spiro atoms. The van der Waals surface area contributed by atoms with Crippen LogP contribution in [0.3, 0.4) is 0 Å². The van der Waals surface area contributed by atoms with E-state index in [-0.39, 0.29) is 0 Å². The molecule has 0 aromatic carbocycles. The predicted molar refractivity (Wildman–Crippen MR) is 39.0 cm³/mol. The van der Waals surface area contributed by atoms with E-state index in [0.29, 0.717) is 0 Å². The maximum atomic E-state index is 4.74. The van der Waals surface area contributed by atoms with Crippen LogP contribution in [0.15, 0.2) is 0 Å². The van der Waals surface area contributed by atoms with Crippen molar-refractivity contribution in [3.8, 4) is 0 Å². The monoisotopic (exact) mass is 108 g/mol. The van der Waals surface area contributed by atoms with Gasteiger partial charge in [-0.3, -0.25) is 0 Å². The van der Waals surface area contributed by atoms with Crippen LogP contribution in [0, 0.1) is 0 Å². The van der Waals surface area contributed by atoms with Gasteiger partial charge in [0.2, 0.25) is 0 Å². The van der Waals surface area contributed by atoms with Gasteiger partial charge in [-0.2, -0.15) is 0 Å². The average molecular weight is 107 g/mol. The van der Waals surface area contributed by atoms with Crippen LogP contribution in [0.4, 0.5) is 0 Å². The van der Waals surface area contributed by atoms with Crippen LogP contribution in [-0.4, -0.2) is 34.0 Å². The standard InChI is InChI=1S/CH4B4OS/c1-7-6-5-4-3-2/h2H,1H3. The van der Waals surface area contributed by atoms with E-state index >= 15 is 0 Å². The molecule has 6 heteroatoms. The molecule has 0 aliphatic heterocycles. The Labute approximate surface area is 50.8 Å². The van der Waals surface area contributed by atoms with E-state index in [0.717, 1.165) is 0 Å². The SMILES string of the molecule is B=BB=BOSC.